The molecule has 2 rings (SSSR count). The average Bonchev–Trinajstić information content (AvgIpc) is 2.57. The van der Waals surface area contributed by atoms with Crippen molar-refractivity contribution in [2.75, 3.05) is 32.8 Å². The maximum absolute atomic E-state index is 13.0. The van der Waals surface area contributed by atoms with Gasteiger partial charge < -0.3 is 15.1 Å². The van der Waals surface area contributed by atoms with Gasteiger partial charge in [0.1, 0.15) is 0 Å². The molecule has 0 aromatic rings. The minimum Gasteiger partial charge on any atom is -0.395 e. The number of carbonyl (C=O) groups excluding carboxylic acids is 1. The van der Waals surface area contributed by atoms with Gasteiger partial charge >= 0.3 is 0 Å². The minimum atomic E-state index is 0.0279. The molecule has 2 N–H and O–H groups in total. The number of nitrogens with zero attached hydrogens (tertiary/aromatic N) is 2. The molecule has 0 aliphatic heterocycles. The highest BCUT2D eigenvalue weighted by molar-refractivity contribution is 5.79. The standard InChI is InChI=1S/C18H34N2O3/c21-13-11-19(12-14-22)15-18(23)20(16-7-3-1-4-8-16)17-9-5-2-6-10-17/h16-17,21-22H,1-15H2. The molecule has 2 aliphatic carbocycles. The van der Waals surface area contributed by atoms with E-state index in [1.807, 2.05) is 4.90 Å². The molecule has 0 aromatic heterocycles. The summed E-state index contributed by atoms with van der Waals surface area (Å²) in [6.07, 6.45) is 12.1. The lowest BCUT2D eigenvalue weighted by Crippen LogP contribution is -2.52. The Kier molecular flexibility index (Phi) is 8.34. The molecule has 5 nitrogen and oxygen atoms in total. The largest absolute Gasteiger partial charge is 0.395 e. The zero-order chi connectivity index (χ0) is 16.5. The molecule has 0 radical (unpaired) electrons. The third-order valence-corrected chi connectivity index (χ3v) is 5.42. The van der Waals surface area contributed by atoms with Crippen molar-refractivity contribution < 1.29 is 15.0 Å². The van der Waals surface area contributed by atoms with E-state index in [1.165, 1.54) is 38.5 Å². The van der Waals surface area contributed by atoms with Crippen molar-refractivity contribution in [3.8, 4) is 0 Å². The SMILES string of the molecule is O=C(CN(CCO)CCO)N(C1CCCCC1)C1CCCCC1. The lowest BCUT2D eigenvalue weighted by molar-refractivity contribution is -0.139. The molecule has 0 heterocycles. The first kappa shape index (κ1) is 18.7. The third-order valence-electron chi connectivity index (χ3n) is 5.42. The summed E-state index contributed by atoms with van der Waals surface area (Å²) in [4.78, 5) is 17.1. The number of hydrogen-bond acceptors (Lipinski definition) is 4. The smallest absolute Gasteiger partial charge is 0.237 e. The monoisotopic (exact) mass is 326 g/mol. The Morgan fingerprint density at radius 3 is 1.61 bits per heavy atom. The molecule has 0 bridgehead atoms. The van der Waals surface area contributed by atoms with Crippen LogP contribution < -0.4 is 0 Å². The molecule has 0 atom stereocenters. The van der Waals surface area contributed by atoms with Gasteiger partial charge in [0.2, 0.25) is 5.91 Å². The van der Waals surface area contributed by atoms with Crippen molar-refractivity contribution in [3.63, 3.8) is 0 Å². The van der Waals surface area contributed by atoms with Crippen LogP contribution in [-0.4, -0.2) is 70.9 Å². The third kappa shape index (κ3) is 5.73. The van der Waals surface area contributed by atoms with E-state index in [4.69, 9.17) is 10.2 Å². The highest BCUT2D eigenvalue weighted by Gasteiger charge is 2.32. The fourth-order valence-electron chi connectivity index (χ4n) is 4.25. The van der Waals surface area contributed by atoms with E-state index in [2.05, 4.69) is 4.90 Å². The number of amides is 1. The number of aliphatic hydroxyl groups excluding tert-OH is 2. The van der Waals surface area contributed by atoms with E-state index in [1.54, 1.807) is 0 Å². The summed E-state index contributed by atoms with van der Waals surface area (Å²) in [5, 5.41) is 18.3. The molecular weight excluding hydrogens is 292 g/mol. The van der Waals surface area contributed by atoms with Crippen LogP contribution in [0.4, 0.5) is 0 Å². The average molecular weight is 326 g/mol. The van der Waals surface area contributed by atoms with Crippen molar-refractivity contribution in [3.05, 3.63) is 0 Å². The first-order chi connectivity index (χ1) is 11.3. The Hall–Kier alpha value is -0.650. The zero-order valence-corrected chi connectivity index (χ0v) is 14.5. The van der Waals surface area contributed by atoms with E-state index in [9.17, 15) is 4.79 Å². The first-order valence-corrected chi connectivity index (χ1v) is 9.51. The second-order valence-corrected chi connectivity index (χ2v) is 7.11. The summed E-state index contributed by atoms with van der Waals surface area (Å²) in [5.74, 6) is 0.200. The van der Waals surface area contributed by atoms with E-state index in [0.717, 1.165) is 25.7 Å². The molecule has 23 heavy (non-hydrogen) atoms. The maximum Gasteiger partial charge on any atom is 0.237 e. The molecule has 5 heteroatoms. The first-order valence-electron chi connectivity index (χ1n) is 9.51. The van der Waals surface area contributed by atoms with Gasteiger partial charge in [-0.1, -0.05) is 38.5 Å². The molecule has 2 aliphatic rings. The van der Waals surface area contributed by atoms with Gasteiger partial charge in [-0.15, -0.1) is 0 Å². The van der Waals surface area contributed by atoms with Gasteiger partial charge in [-0.2, -0.15) is 0 Å². The van der Waals surface area contributed by atoms with Crippen molar-refractivity contribution >= 4 is 5.91 Å². The molecule has 1 amide bonds. The molecule has 0 aromatic carbocycles. The van der Waals surface area contributed by atoms with Gasteiger partial charge in [-0.25, -0.2) is 0 Å². The lowest BCUT2D eigenvalue weighted by Gasteiger charge is -2.42. The Morgan fingerprint density at radius 1 is 0.783 bits per heavy atom. The van der Waals surface area contributed by atoms with Crippen LogP contribution in [0.5, 0.6) is 0 Å². The zero-order valence-electron chi connectivity index (χ0n) is 14.5. The Labute approximate surface area is 140 Å². The molecule has 0 unspecified atom stereocenters. The minimum absolute atomic E-state index is 0.0279. The summed E-state index contributed by atoms with van der Waals surface area (Å²) < 4.78 is 0. The quantitative estimate of drug-likeness (QED) is 0.713. The highest BCUT2D eigenvalue weighted by Crippen LogP contribution is 2.30. The second-order valence-electron chi connectivity index (χ2n) is 7.11. The van der Waals surface area contributed by atoms with Crippen molar-refractivity contribution in [1.82, 2.24) is 9.80 Å². The van der Waals surface area contributed by atoms with Crippen LogP contribution in [0, 0.1) is 0 Å². The second kappa shape index (κ2) is 10.3. The van der Waals surface area contributed by atoms with Gasteiger partial charge in [0.25, 0.3) is 0 Å². The van der Waals surface area contributed by atoms with Gasteiger partial charge in [0, 0.05) is 25.2 Å². The Morgan fingerprint density at radius 2 is 1.22 bits per heavy atom. The summed E-state index contributed by atoms with van der Waals surface area (Å²) in [5.41, 5.74) is 0. The van der Waals surface area contributed by atoms with Crippen LogP contribution in [0.1, 0.15) is 64.2 Å². The predicted octanol–water partition coefficient (Wildman–Crippen LogP) is 1.77. The van der Waals surface area contributed by atoms with Crippen LogP contribution in [-0.2, 0) is 4.79 Å². The van der Waals surface area contributed by atoms with Crippen molar-refractivity contribution in [2.45, 2.75) is 76.3 Å². The van der Waals surface area contributed by atoms with Crippen LogP contribution in [0.2, 0.25) is 0 Å². The normalized spacial score (nSPS) is 20.8. The van der Waals surface area contributed by atoms with Gasteiger partial charge in [-0.3, -0.25) is 9.69 Å². The molecule has 0 spiro atoms. The van der Waals surface area contributed by atoms with Gasteiger partial charge in [0.05, 0.1) is 19.8 Å². The highest BCUT2D eigenvalue weighted by atomic mass is 16.3. The maximum atomic E-state index is 13.0. The molecule has 2 saturated carbocycles. The molecular formula is C18H34N2O3. The van der Waals surface area contributed by atoms with E-state index in [0.29, 0.717) is 31.7 Å². The van der Waals surface area contributed by atoms with Gasteiger partial charge in [0.15, 0.2) is 0 Å². The lowest BCUT2D eigenvalue weighted by atomic mass is 9.88. The van der Waals surface area contributed by atoms with E-state index < -0.39 is 0 Å². The summed E-state index contributed by atoms with van der Waals surface area (Å²) >= 11 is 0. The van der Waals surface area contributed by atoms with Crippen LogP contribution in [0.15, 0.2) is 0 Å². The number of carbonyl (C=O) groups is 1. The number of aliphatic hydroxyl groups is 2. The van der Waals surface area contributed by atoms with Crippen molar-refractivity contribution in [2.24, 2.45) is 0 Å². The van der Waals surface area contributed by atoms with E-state index in [-0.39, 0.29) is 19.1 Å². The summed E-state index contributed by atoms with van der Waals surface area (Å²) in [6, 6.07) is 0.814. The van der Waals surface area contributed by atoms with Crippen LogP contribution in [0.25, 0.3) is 0 Å². The number of hydrogen-bond donors (Lipinski definition) is 2. The van der Waals surface area contributed by atoms with Crippen LogP contribution >= 0.6 is 0 Å². The Balaban J connectivity index is 2.02. The predicted molar refractivity (Wildman–Crippen MR) is 91.2 cm³/mol. The molecule has 134 valence electrons. The topological polar surface area (TPSA) is 64.0 Å². The van der Waals surface area contributed by atoms with Crippen LogP contribution in [0.3, 0.4) is 0 Å². The van der Waals surface area contributed by atoms with Gasteiger partial charge in [-0.05, 0) is 25.7 Å². The molecule has 2 fully saturated rings. The number of rotatable bonds is 8. The summed E-state index contributed by atoms with van der Waals surface area (Å²) in [7, 11) is 0. The van der Waals surface area contributed by atoms with Crippen molar-refractivity contribution in [1.29, 1.82) is 0 Å². The fourth-order valence-corrected chi connectivity index (χ4v) is 4.25. The van der Waals surface area contributed by atoms with E-state index >= 15 is 0 Å². The fraction of sp³-hybridized carbons (Fsp3) is 0.944. The Bertz CT molecular complexity index is 315. The summed E-state index contributed by atoms with van der Waals surface area (Å²) in [6.45, 7) is 1.29. The molecule has 0 saturated heterocycles.